The van der Waals surface area contributed by atoms with Crippen LogP contribution in [0.25, 0.3) is 0 Å². The molecule has 2 rings (SSSR count). The van der Waals surface area contributed by atoms with Crippen molar-refractivity contribution in [1.29, 1.82) is 0 Å². The Morgan fingerprint density at radius 1 is 0.767 bits per heavy atom. The van der Waals surface area contributed by atoms with E-state index in [4.69, 9.17) is 9.47 Å². The molecule has 0 aliphatic heterocycles. The van der Waals surface area contributed by atoms with Gasteiger partial charge in [0.15, 0.2) is 0 Å². The molecular weight excluding hydrogens is 397 g/mol. The lowest BCUT2D eigenvalue weighted by molar-refractivity contribution is -0.138. The van der Waals surface area contributed by atoms with Crippen LogP contribution in [-0.2, 0) is 15.7 Å². The fourth-order valence-electron chi connectivity index (χ4n) is 2.60. The number of halogens is 3. The molecule has 7 heteroatoms. The Balaban J connectivity index is 0.000000303. The maximum atomic E-state index is 12.5. The van der Waals surface area contributed by atoms with Crippen LogP contribution in [0.4, 0.5) is 13.2 Å². The van der Waals surface area contributed by atoms with Gasteiger partial charge >= 0.3 is 18.1 Å². The molecule has 0 aliphatic carbocycles. The van der Waals surface area contributed by atoms with Crippen LogP contribution in [0.5, 0.6) is 0 Å². The first-order chi connectivity index (χ1) is 13.8. The standard InChI is InChI=1S/C12H16O2.C11H11F3O2/c1-8(2)14-12(13)11-9(3)6-5-7-10(11)4;1-7(2)16-10(15)8-5-3-4-6-9(8)11(12,13)14/h5-8H,1-4H3;3-7H,1-2H3. The zero-order chi connectivity index (χ0) is 23.1. The summed E-state index contributed by atoms with van der Waals surface area (Å²) in [5, 5.41) is 0. The van der Waals surface area contributed by atoms with E-state index in [9.17, 15) is 22.8 Å². The first-order valence-electron chi connectivity index (χ1n) is 9.49. The quantitative estimate of drug-likeness (QED) is 0.553. The van der Waals surface area contributed by atoms with E-state index < -0.39 is 29.4 Å². The van der Waals surface area contributed by atoms with Crippen molar-refractivity contribution < 1.29 is 32.2 Å². The van der Waals surface area contributed by atoms with Gasteiger partial charge in [0.05, 0.1) is 28.9 Å². The average Bonchev–Trinajstić information content (AvgIpc) is 2.60. The minimum absolute atomic E-state index is 0.0680. The molecule has 0 heterocycles. The monoisotopic (exact) mass is 424 g/mol. The summed E-state index contributed by atoms with van der Waals surface area (Å²) in [7, 11) is 0. The first-order valence-corrected chi connectivity index (χ1v) is 9.49. The molecule has 0 atom stereocenters. The van der Waals surface area contributed by atoms with Gasteiger partial charge in [0.2, 0.25) is 0 Å². The number of esters is 2. The Bertz CT molecular complexity index is 851. The highest BCUT2D eigenvalue weighted by Crippen LogP contribution is 2.32. The highest BCUT2D eigenvalue weighted by molar-refractivity contribution is 5.92. The lowest BCUT2D eigenvalue weighted by atomic mass is 10.0. The third-order valence-electron chi connectivity index (χ3n) is 3.82. The molecule has 0 fully saturated rings. The van der Waals surface area contributed by atoms with Crippen LogP contribution in [0.3, 0.4) is 0 Å². The molecule has 0 unspecified atom stereocenters. The zero-order valence-corrected chi connectivity index (χ0v) is 18.0. The largest absolute Gasteiger partial charge is 0.459 e. The summed E-state index contributed by atoms with van der Waals surface area (Å²) < 4.78 is 47.5. The number of alkyl halides is 3. The Morgan fingerprint density at radius 3 is 1.70 bits per heavy atom. The Hall–Kier alpha value is -2.83. The number of carbonyl (C=O) groups is 2. The SMILES string of the molecule is CC(C)OC(=O)c1ccccc1C(F)(F)F.Cc1cccc(C)c1C(=O)OC(C)C. The number of benzene rings is 2. The Morgan fingerprint density at radius 2 is 1.23 bits per heavy atom. The van der Waals surface area contributed by atoms with Crippen molar-refractivity contribution in [3.8, 4) is 0 Å². The lowest BCUT2D eigenvalue weighted by Crippen LogP contribution is -2.17. The van der Waals surface area contributed by atoms with Crippen molar-refractivity contribution in [2.24, 2.45) is 0 Å². The molecule has 4 nitrogen and oxygen atoms in total. The number of aryl methyl sites for hydroxylation is 2. The van der Waals surface area contributed by atoms with E-state index in [0.29, 0.717) is 5.56 Å². The van der Waals surface area contributed by atoms with Gasteiger partial charge < -0.3 is 9.47 Å². The molecule has 0 bridgehead atoms. The summed E-state index contributed by atoms with van der Waals surface area (Å²) in [5.74, 6) is -1.18. The van der Waals surface area contributed by atoms with Crippen LogP contribution in [0.1, 0.15) is 65.1 Å². The summed E-state index contributed by atoms with van der Waals surface area (Å²) in [6.07, 6.45) is -5.07. The van der Waals surface area contributed by atoms with E-state index in [1.54, 1.807) is 13.8 Å². The lowest BCUT2D eigenvalue weighted by Gasteiger charge is -2.13. The molecule has 164 valence electrons. The van der Waals surface area contributed by atoms with Crippen LogP contribution in [0.15, 0.2) is 42.5 Å². The molecule has 0 aromatic heterocycles. The zero-order valence-electron chi connectivity index (χ0n) is 18.0. The van der Waals surface area contributed by atoms with E-state index in [2.05, 4.69) is 0 Å². The van der Waals surface area contributed by atoms with Gasteiger partial charge in [-0.15, -0.1) is 0 Å². The minimum atomic E-state index is -4.55. The molecule has 0 spiro atoms. The van der Waals surface area contributed by atoms with Gasteiger partial charge in [-0.3, -0.25) is 0 Å². The molecule has 2 aromatic rings. The maximum absolute atomic E-state index is 12.5. The second-order valence-electron chi connectivity index (χ2n) is 7.22. The van der Waals surface area contributed by atoms with Crippen LogP contribution >= 0.6 is 0 Å². The third-order valence-corrected chi connectivity index (χ3v) is 3.82. The van der Waals surface area contributed by atoms with Gasteiger partial charge in [0.1, 0.15) is 0 Å². The van der Waals surface area contributed by atoms with Gasteiger partial charge in [-0.2, -0.15) is 13.2 Å². The highest BCUT2D eigenvalue weighted by atomic mass is 19.4. The number of hydrogen-bond acceptors (Lipinski definition) is 4. The average molecular weight is 424 g/mol. The minimum Gasteiger partial charge on any atom is -0.459 e. The van der Waals surface area contributed by atoms with Gasteiger partial charge in [-0.1, -0.05) is 30.3 Å². The van der Waals surface area contributed by atoms with Crippen LogP contribution in [-0.4, -0.2) is 24.1 Å². The molecule has 0 saturated carbocycles. The van der Waals surface area contributed by atoms with Gasteiger partial charge in [-0.25, -0.2) is 9.59 Å². The molecule has 0 N–H and O–H groups in total. The second kappa shape index (κ2) is 10.8. The topological polar surface area (TPSA) is 52.6 Å². The molecule has 0 aliphatic rings. The van der Waals surface area contributed by atoms with Crippen molar-refractivity contribution in [3.05, 3.63) is 70.3 Å². The summed E-state index contributed by atoms with van der Waals surface area (Å²) in [6, 6.07) is 10.3. The molecule has 2 aromatic carbocycles. The van der Waals surface area contributed by atoms with E-state index in [1.807, 2.05) is 45.9 Å². The molecule has 30 heavy (non-hydrogen) atoms. The summed E-state index contributed by atoms with van der Waals surface area (Å²) >= 11 is 0. The number of hydrogen-bond donors (Lipinski definition) is 0. The van der Waals surface area contributed by atoms with Crippen LogP contribution in [0.2, 0.25) is 0 Å². The first kappa shape index (κ1) is 25.2. The van der Waals surface area contributed by atoms with Gasteiger partial charge in [0, 0.05) is 0 Å². The molecule has 0 saturated heterocycles. The number of carbonyl (C=O) groups excluding carboxylic acids is 2. The number of ether oxygens (including phenoxy) is 2. The molecule has 0 amide bonds. The Labute approximate surface area is 175 Å². The second-order valence-corrected chi connectivity index (χ2v) is 7.22. The van der Waals surface area contributed by atoms with Gasteiger partial charge in [0.25, 0.3) is 0 Å². The van der Waals surface area contributed by atoms with E-state index >= 15 is 0 Å². The normalized spacial score (nSPS) is 11.0. The predicted molar refractivity (Wildman–Crippen MR) is 108 cm³/mol. The van der Waals surface area contributed by atoms with E-state index in [0.717, 1.165) is 23.3 Å². The van der Waals surface area contributed by atoms with Crippen molar-refractivity contribution in [3.63, 3.8) is 0 Å². The van der Waals surface area contributed by atoms with E-state index in [1.165, 1.54) is 12.1 Å². The molecule has 0 radical (unpaired) electrons. The maximum Gasteiger partial charge on any atom is 0.417 e. The smallest absolute Gasteiger partial charge is 0.417 e. The predicted octanol–water partition coefficient (Wildman–Crippen LogP) is 6.14. The van der Waals surface area contributed by atoms with E-state index in [-0.39, 0.29) is 12.1 Å². The van der Waals surface area contributed by atoms with Crippen molar-refractivity contribution in [2.45, 2.75) is 59.9 Å². The number of rotatable bonds is 4. The van der Waals surface area contributed by atoms with Crippen molar-refractivity contribution in [1.82, 2.24) is 0 Å². The van der Waals surface area contributed by atoms with Crippen molar-refractivity contribution in [2.75, 3.05) is 0 Å². The Kier molecular flexibility index (Phi) is 9.08. The fraction of sp³-hybridized carbons (Fsp3) is 0.391. The third kappa shape index (κ3) is 7.54. The van der Waals surface area contributed by atoms with Crippen LogP contribution in [0, 0.1) is 13.8 Å². The highest BCUT2D eigenvalue weighted by Gasteiger charge is 2.35. The molecular formula is C23H27F3O4. The van der Waals surface area contributed by atoms with Crippen LogP contribution < -0.4 is 0 Å². The van der Waals surface area contributed by atoms with Crippen molar-refractivity contribution >= 4 is 11.9 Å². The van der Waals surface area contributed by atoms with Gasteiger partial charge in [-0.05, 0) is 64.8 Å². The summed E-state index contributed by atoms with van der Waals surface area (Å²) in [6.45, 7) is 10.7. The summed E-state index contributed by atoms with van der Waals surface area (Å²) in [5.41, 5.74) is 1.21. The fourth-order valence-corrected chi connectivity index (χ4v) is 2.60. The summed E-state index contributed by atoms with van der Waals surface area (Å²) in [4.78, 5) is 23.1.